The van der Waals surface area contributed by atoms with Crippen LogP contribution in [-0.2, 0) is 4.79 Å². The lowest BCUT2D eigenvalue weighted by atomic mass is 10.1. The highest BCUT2D eigenvalue weighted by Gasteiger charge is 2.16. The van der Waals surface area contributed by atoms with Gasteiger partial charge >= 0.3 is 5.97 Å². The van der Waals surface area contributed by atoms with Gasteiger partial charge in [-0.3, -0.25) is 4.79 Å². The van der Waals surface area contributed by atoms with Crippen molar-refractivity contribution in [2.75, 3.05) is 13.7 Å². The topological polar surface area (TPSA) is 88.4 Å². The van der Waals surface area contributed by atoms with Crippen molar-refractivity contribution in [3.05, 3.63) is 63.1 Å². The van der Waals surface area contributed by atoms with Gasteiger partial charge in [0.15, 0.2) is 11.5 Å². The molecule has 1 N–H and O–H groups in total. The zero-order valence-corrected chi connectivity index (χ0v) is 18.0. The van der Waals surface area contributed by atoms with Crippen LogP contribution >= 0.6 is 23.2 Å². The van der Waals surface area contributed by atoms with Crippen molar-refractivity contribution < 1.29 is 19.1 Å². The number of unbranched alkanes of at least 4 members (excludes halogenated alkanes) is 1. The van der Waals surface area contributed by atoms with Gasteiger partial charge in [0.1, 0.15) is 11.6 Å². The summed E-state index contributed by atoms with van der Waals surface area (Å²) >= 11 is 11.9. The summed E-state index contributed by atoms with van der Waals surface area (Å²) in [6.07, 6.45) is 3.20. The van der Waals surface area contributed by atoms with Gasteiger partial charge in [-0.25, -0.2) is 4.79 Å². The number of benzene rings is 2. The molecule has 0 aliphatic rings. The number of hydrogen-bond acceptors (Lipinski definition) is 5. The minimum atomic E-state index is -0.675. The molecule has 0 atom stereocenters. The smallest absolute Gasteiger partial charge is 0.345 e. The lowest BCUT2D eigenvalue weighted by Crippen LogP contribution is -2.25. The maximum absolute atomic E-state index is 12.4. The van der Waals surface area contributed by atoms with Gasteiger partial charge in [0.25, 0.3) is 5.91 Å². The zero-order valence-electron chi connectivity index (χ0n) is 16.5. The molecule has 6 nitrogen and oxygen atoms in total. The van der Waals surface area contributed by atoms with Crippen molar-refractivity contribution in [1.82, 2.24) is 5.32 Å². The number of nitriles is 1. The summed E-state index contributed by atoms with van der Waals surface area (Å²) in [5.74, 6) is -0.702. The van der Waals surface area contributed by atoms with Crippen molar-refractivity contribution in [1.29, 1.82) is 5.26 Å². The normalized spacial score (nSPS) is 10.8. The number of halogens is 2. The molecule has 0 unspecified atom stereocenters. The second kappa shape index (κ2) is 11.2. The fourth-order valence-electron chi connectivity index (χ4n) is 2.46. The molecule has 156 valence electrons. The number of methoxy groups -OCH3 is 1. The molecule has 0 saturated carbocycles. The molecule has 0 spiro atoms. The Labute approximate surface area is 185 Å². The minimum Gasteiger partial charge on any atom is -0.493 e. The Morgan fingerprint density at radius 3 is 2.57 bits per heavy atom. The Morgan fingerprint density at radius 1 is 1.17 bits per heavy atom. The standard InChI is InChI=1S/C22H20Cl2N2O4/c1-3-4-9-26-21(27)15(13-25)10-14-5-8-19(20(11-14)29-2)30-22(28)17-7-6-16(23)12-18(17)24/h5-8,10-12H,3-4,9H2,1-2H3,(H,26,27)/b15-10+. The van der Waals surface area contributed by atoms with E-state index < -0.39 is 11.9 Å². The molecule has 0 fully saturated rings. The predicted octanol–water partition coefficient (Wildman–Crippen LogP) is 5.04. The van der Waals surface area contributed by atoms with Crippen molar-refractivity contribution in [3.63, 3.8) is 0 Å². The average Bonchev–Trinajstić information content (AvgIpc) is 2.72. The number of amides is 1. The molecular formula is C22H20Cl2N2O4. The van der Waals surface area contributed by atoms with E-state index in [1.807, 2.05) is 13.0 Å². The molecule has 0 aliphatic heterocycles. The highest BCUT2D eigenvalue weighted by molar-refractivity contribution is 6.36. The Hall–Kier alpha value is -3.01. The number of rotatable bonds is 8. The van der Waals surface area contributed by atoms with Gasteiger partial charge in [-0.05, 0) is 48.4 Å². The summed E-state index contributed by atoms with van der Waals surface area (Å²) in [5.41, 5.74) is 0.659. The van der Waals surface area contributed by atoms with Crippen LogP contribution in [0.25, 0.3) is 6.08 Å². The first-order valence-electron chi connectivity index (χ1n) is 9.14. The second-order valence-electron chi connectivity index (χ2n) is 6.20. The molecule has 0 heterocycles. The van der Waals surface area contributed by atoms with E-state index in [4.69, 9.17) is 32.7 Å². The monoisotopic (exact) mass is 446 g/mol. The molecule has 0 aliphatic carbocycles. The first kappa shape index (κ1) is 23.3. The predicted molar refractivity (Wildman–Crippen MR) is 116 cm³/mol. The minimum absolute atomic E-state index is 0.0363. The van der Waals surface area contributed by atoms with E-state index in [0.29, 0.717) is 17.1 Å². The largest absolute Gasteiger partial charge is 0.493 e. The Bertz CT molecular complexity index is 1010. The van der Waals surface area contributed by atoms with Gasteiger partial charge in [0.2, 0.25) is 0 Å². The molecule has 2 aromatic carbocycles. The van der Waals surface area contributed by atoms with Crippen LogP contribution in [0.3, 0.4) is 0 Å². The van der Waals surface area contributed by atoms with Gasteiger partial charge < -0.3 is 14.8 Å². The van der Waals surface area contributed by atoms with E-state index in [1.54, 1.807) is 12.1 Å². The molecule has 1 amide bonds. The summed E-state index contributed by atoms with van der Waals surface area (Å²) in [6.45, 7) is 2.51. The third kappa shape index (κ3) is 6.24. The Morgan fingerprint density at radius 2 is 1.93 bits per heavy atom. The van der Waals surface area contributed by atoms with Gasteiger partial charge in [-0.1, -0.05) is 42.6 Å². The molecule has 0 saturated heterocycles. The molecule has 0 aromatic heterocycles. The molecular weight excluding hydrogens is 427 g/mol. The first-order chi connectivity index (χ1) is 14.4. The Balaban J connectivity index is 2.22. The van der Waals surface area contributed by atoms with E-state index >= 15 is 0 Å². The van der Waals surface area contributed by atoms with E-state index in [1.165, 1.54) is 37.5 Å². The Kier molecular flexibility index (Phi) is 8.72. The molecule has 0 bridgehead atoms. The molecule has 30 heavy (non-hydrogen) atoms. The van der Waals surface area contributed by atoms with Crippen molar-refractivity contribution in [2.24, 2.45) is 0 Å². The number of esters is 1. The third-order valence-corrected chi connectivity index (χ3v) is 4.58. The van der Waals surface area contributed by atoms with Crippen LogP contribution in [0.4, 0.5) is 0 Å². The van der Waals surface area contributed by atoms with Crippen LogP contribution < -0.4 is 14.8 Å². The summed E-state index contributed by atoms with van der Waals surface area (Å²) in [4.78, 5) is 24.5. The molecule has 2 aromatic rings. The highest BCUT2D eigenvalue weighted by atomic mass is 35.5. The van der Waals surface area contributed by atoms with Crippen molar-refractivity contribution in [2.45, 2.75) is 19.8 Å². The maximum atomic E-state index is 12.4. The van der Waals surface area contributed by atoms with Gasteiger partial charge in [0, 0.05) is 11.6 Å². The van der Waals surface area contributed by atoms with E-state index in [2.05, 4.69) is 5.32 Å². The van der Waals surface area contributed by atoms with Crippen molar-refractivity contribution in [3.8, 4) is 17.6 Å². The van der Waals surface area contributed by atoms with Crippen LogP contribution in [0.2, 0.25) is 10.0 Å². The first-order valence-corrected chi connectivity index (χ1v) is 9.90. The van der Waals surface area contributed by atoms with E-state index in [0.717, 1.165) is 12.8 Å². The van der Waals surface area contributed by atoms with Gasteiger partial charge in [-0.15, -0.1) is 0 Å². The lowest BCUT2D eigenvalue weighted by Gasteiger charge is -2.11. The SMILES string of the molecule is CCCCNC(=O)/C(C#N)=C/c1ccc(OC(=O)c2ccc(Cl)cc2Cl)c(OC)c1. The maximum Gasteiger partial charge on any atom is 0.345 e. The zero-order chi connectivity index (χ0) is 22.1. The van der Waals surface area contributed by atoms with Crippen LogP contribution in [0.1, 0.15) is 35.7 Å². The summed E-state index contributed by atoms with van der Waals surface area (Å²) in [7, 11) is 1.41. The van der Waals surface area contributed by atoms with Gasteiger partial charge in [0.05, 0.1) is 17.7 Å². The summed E-state index contributed by atoms with van der Waals surface area (Å²) in [5, 5.41) is 12.5. The van der Waals surface area contributed by atoms with E-state index in [9.17, 15) is 14.9 Å². The fraction of sp³-hybridized carbons (Fsp3) is 0.227. The molecule has 0 radical (unpaired) electrons. The lowest BCUT2D eigenvalue weighted by molar-refractivity contribution is -0.117. The summed E-state index contributed by atoms with van der Waals surface area (Å²) in [6, 6.07) is 11.0. The number of ether oxygens (including phenoxy) is 2. The van der Waals surface area contributed by atoms with Crippen LogP contribution in [-0.4, -0.2) is 25.5 Å². The quantitative estimate of drug-likeness (QED) is 0.201. The average molecular weight is 447 g/mol. The fourth-order valence-corrected chi connectivity index (χ4v) is 2.94. The van der Waals surface area contributed by atoms with Crippen LogP contribution in [0, 0.1) is 11.3 Å². The highest BCUT2D eigenvalue weighted by Crippen LogP contribution is 2.31. The second-order valence-corrected chi connectivity index (χ2v) is 7.05. The van der Waals surface area contributed by atoms with Crippen molar-refractivity contribution >= 4 is 41.2 Å². The third-order valence-electron chi connectivity index (χ3n) is 4.03. The number of carbonyl (C=O) groups excluding carboxylic acids is 2. The summed E-state index contributed by atoms with van der Waals surface area (Å²) < 4.78 is 10.7. The number of nitrogens with one attached hydrogen (secondary N) is 1. The number of hydrogen-bond donors (Lipinski definition) is 1. The number of carbonyl (C=O) groups is 2. The molecule has 8 heteroatoms. The van der Waals surface area contributed by atoms with E-state index in [-0.39, 0.29) is 27.7 Å². The van der Waals surface area contributed by atoms with Crippen LogP contribution in [0.15, 0.2) is 42.0 Å². The van der Waals surface area contributed by atoms with Gasteiger partial charge in [-0.2, -0.15) is 5.26 Å². The number of nitrogens with zero attached hydrogens (tertiary/aromatic N) is 1. The molecule has 2 rings (SSSR count). The van der Waals surface area contributed by atoms with Crippen LogP contribution in [0.5, 0.6) is 11.5 Å².